The average molecular weight is 296 g/mol. The molecule has 0 bridgehead atoms. The van der Waals surface area contributed by atoms with E-state index in [0.717, 1.165) is 12.1 Å². The third kappa shape index (κ3) is 3.31. The second kappa shape index (κ2) is 5.82. The summed E-state index contributed by atoms with van der Waals surface area (Å²) in [6.07, 6.45) is 0. The normalized spacial score (nSPS) is 10.5. The predicted molar refractivity (Wildman–Crippen MR) is 71.5 cm³/mol. The van der Waals surface area contributed by atoms with Crippen molar-refractivity contribution in [2.45, 2.75) is 13.5 Å². The minimum atomic E-state index is -1.51. The summed E-state index contributed by atoms with van der Waals surface area (Å²) in [6, 6.07) is 6.16. The van der Waals surface area contributed by atoms with Gasteiger partial charge in [-0.1, -0.05) is 0 Å². The van der Waals surface area contributed by atoms with Crippen molar-refractivity contribution >= 4 is 11.4 Å². The Balaban J connectivity index is 2.13. The number of nitrogens with one attached hydrogen (secondary N) is 1. The van der Waals surface area contributed by atoms with Crippen LogP contribution in [0.15, 0.2) is 30.3 Å². The zero-order valence-corrected chi connectivity index (χ0v) is 11.0. The quantitative estimate of drug-likeness (QED) is 0.528. The lowest BCUT2D eigenvalue weighted by atomic mass is 10.1. The third-order valence-corrected chi connectivity index (χ3v) is 2.93. The fourth-order valence-corrected chi connectivity index (χ4v) is 1.88. The van der Waals surface area contributed by atoms with E-state index in [1.54, 1.807) is 13.0 Å². The molecule has 1 N–H and O–H groups in total. The summed E-state index contributed by atoms with van der Waals surface area (Å²) in [4.78, 5) is 10.2. The summed E-state index contributed by atoms with van der Waals surface area (Å²) < 4.78 is 38.9. The van der Waals surface area contributed by atoms with Crippen molar-refractivity contribution < 1.29 is 18.1 Å². The highest BCUT2D eigenvalue weighted by molar-refractivity contribution is 5.53. The molecule has 0 amide bonds. The van der Waals surface area contributed by atoms with Gasteiger partial charge in [0.05, 0.1) is 4.92 Å². The van der Waals surface area contributed by atoms with Crippen LogP contribution in [0.25, 0.3) is 0 Å². The molecule has 0 heterocycles. The Morgan fingerprint density at radius 3 is 2.29 bits per heavy atom. The van der Waals surface area contributed by atoms with Crippen molar-refractivity contribution in [1.29, 1.82) is 0 Å². The Bertz CT molecular complexity index is 682. The smallest absolute Gasteiger partial charge is 0.272 e. The summed E-state index contributed by atoms with van der Waals surface area (Å²) in [5.74, 6) is -4.02. The van der Waals surface area contributed by atoms with Gasteiger partial charge in [-0.2, -0.15) is 0 Å². The maximum absolute atomic E-state index is 13.1. The Morgan fingerprint density at radius 1 is 1.14 bits per heavy atom. The molecule has 0 aliphatic carbocycles. The Labute approximate surface area is 118 Å². The number of aryl methyl sites for hydroxylation is 1. The van der Waals surface area contributed by atoms with Crippen LogP contribution in [0.2, 0.25) is 0 Å². The van der Waals surface area contributed by atoms with Crippen LogP contribution in [0.3, 0.4) is 0 Å². The molecule has 21 heavy (non-hydrogen) atoms. The van der Waals surface area contributed by atoms with Gasteiger partial charge in [-0.25, -0.2) is 13.2 Å². The van der Waals surface area contributed by atoms with E-state index in [2.05, 4.69) is 5.32 Å². The number of nitrogens with zero attached hydrogens (tertiary/aromatic N) is 1. The maximum Gasteiger partial charge on any atom is 0.272 e. The first-order valence-electron chi connectivity index (χ1n) is 6.01. The van der Waals surface area contributed by atoms with Crippen LogP contribution in [0.5, 0.6) is 0 Å². The number of nitro groups is 1. The predicted octanol–water partition coefficient (Wildman–Crippen LogP) is 3.93. The Morgan fingerprint density at radius 2 is 1.76 bits per heavy atom. The minimum Gasteiger partial charge on any atom is -0.381 e. The maximum atomic E-state index is 13.1. The Kier molecular flexibility index (Phi) is 4.11. The topological polar surface area (TPSA) is 55.2 Å². The van der Waals surface area contributed by atoms with Gasteiger partial charge in [-0.05, 0) is 36.8 Å². The summed E-state index contributed by atoms with van der Waals surface area (Å²) in [6.45, 7) is 1.64. The van der Waals surface area contributed by atoms with Gasteiger partial charge in [0, 0.05) is 23.9 Å². The molecule has 0 atom stereocenters. The van der Waals surface area contributed by atoms with Gasteiger partial charge in [0.15, 0.2) is 17.5 Å². The summed E-state index contributed by atoms with van der Waals surface area (Å²) >= 11 is 0. The first kappa shape index (κ1) is 14.8. The molecule has 0 spiro atoms. The van der Waals surface area contributed by atoms with E-state index < -0.39 is 22.4 Å². The molecule has 0 radical (unpaired) electrons. The largest absolute Gasteiger partial charge is 0.381 e. The molecule has 0 aliphatic heterocycles. The zero-order chi connectivity index (χ0) is 15.6. The number of hydrogen-bond acceptors (Lipinski definition) is 3. The van der Waals surface area contributed by atoms with E-state index in [9.17, 15) is 23.3 Å². The van der Waals surface area contributed by atoms with Gasteiger partial charge in [-0.3, -0.25) is 10.1 Å². The highest BCUT2D eigenvalue weighted by atomic mass is 19.2. The number of nitro benzene ring substituents is 1. The molecule has 0 aromatic heterocycles. The molecule has 2 rings (SSSR count). The van der Waals surface area contributed by atoms with Crippen LogP contribution < -0.4 is 5.32 Å². The number of hydrogen-bond donors (Lipinski definition) is 1. The van der Waals surface area contributed by atoms with E-state index in [1.807, 2.05) is 0 Å². The average Bonchev–Trinajstić information content (AvgIpc) is 2.42. The van der Waals surface area contributed by atoms with Crippen LogP contribution in [0, 0.1) is 34.5 Å². The molecule has 110 valence electrons. The van der Waals surface area contributed by atoms with Gasteiger partial charge in [0.2, 0.25) is 0 Å². The molecule has 2 aromatic rings. The van der Waals surface area contributed by atoms with Gasteiger partial charge in [-0.15, -0.1) is 0 Å². The lowest BCUT2D eigenvalue weighted by molar-refractivity contribution is -0.385. The van der Waals surface area contributed by atoms with Crippen molar-refractivity contribution in [2.24, 2.45) is 0 Å². The molecule has 7 heteroatoms. The minimum absolute atomic E-state index is 0.0144. The fraction of sp³-hybridized carbons (Fsp3) is 0.143. The molecule has 0 unspecified atom stereocenters. The summed E-state index contributed by atoms with van der Waals surface area (Å²) in [5, 5.41) is 13.5. The van der Waals surface area contributed by atoms with Crippen molar-refractivity contribution in [3.63, 3.8) is 0 Å². The number of halogens is 3. The van der Waals surface area contributed by atoms with E-state index in [4.69, 9.17) is 0 Å². The zero-order valence-electron chi connectivity index (χ0n) is 11.0. The molecule has 0 fully saturated rings. The van der Waals surface area contributed by atoms with Crippen LogP contribution in [0.1, 0.15) is 11.1 Å². The molecule has 0 saturated carbocycles. The van der Waals surface area contributed by atoms with E-state index in [-0.39, 0.29) is 17.8 Å². The van der Waals surface area contributed by atoms with Crippen LogP contribution in [-0.2, 0) is 6.54 Å². The lowest BCUT2D eigenvalue weighted by Crippen LogP contribution is -2.03. The summed E-state index contributed by atoms with van der Waals surface area (Å²) in [5.41, 5.74) is 1.23. The molecular weight excluding hydrogens is 285 g/mol. The van der Waals surface area contributed by atoms with Crippen molar-refractivity contribution in [3.8, 4) is 0 Å². The van der Waals surface area contributed by atoms with Crippen molar-refractivity contribution in [2.75, 3.05) is 5.32 Å². The second-order valence-corrected chi connectivity index (χ2v) is 4.49. The van der Waals surface area contributed by atoms with E-state index in [0.29, 0.717) is 11.3 Å². The van der Waals surface area contributed by atoms with Gasteiger partial charge >= 0.3 is 0 Å². The van der Waals surface area contributed by atoms with Crippen LogP contribution in [0.4, 0.5) is 24.5 Å². The van der Waals surface area contributed by atoms with E-state index >= 15 is 0 Å². The third-order valence-electron chi connectivity index (χ3n) is 2.93. The first-order valence-corrected chi connectivity index (χ1v) is 6.01. The van der Waals surface area contributed by atoms with Gasteiger partial charge in [0.1, 0.15) is 0 Å². The molecule has 0 aliphatic rings. The van der Waals surface area contributed by atoms with Gasteiger partial charge < -0.3 is 5.32 Å². The number of benzene rings is 2. The van der Waals surface area contributed by atoms with Crippen molar-refractivity contribution in [1.82, 2.24) is 0 Å². The first-order chi connectivity index (χ1) is 9.88. The van der Waals surface area contributed by atoms with Crippen LogP contribution >= 0.6 is 0 Å². The molecule has 0 saturated heterocycles. The number of rotatable bonds is 4. The standard InChI is InChI=1S/C14H11F3N2O2/c1-8-4-10(2-3-13(8)19(20)21)18-7-9-5-11(15)14(17)12(16)6-9/h2-6,18H,7H2,1H3. The van der Waals surface area contributed by atoms with E-state index in [1.165, 1.54) is 12.1 Å². The molecule has 2 aromatic carbocycles. The highest BCUT2D eigenvalue weighted by Crippen LogP contribution is 2.22. The van der Waals surface area contributed by atoms with Crippen molar-refractivity contribution in [3.05, 3.63) is 69.0 Å². The molecular formula is C14H11F3N2O2. The SMILES string of the molecule is Cc1cc(NCc2cc(F)c(F)c(F)c2)ccc1[N+](=O)[O-]. The lowest BCUT2D eigenvalue weighted by Gasteiger charge is -2.08. The monoisotopic (exact) mass is 296 g/mol. The Hall–Kier alpha value is -2.57. The second-order valence-electron chi connectivity index (χ2n) is 4.49. The highest BCUT2D eigenvalue weighted by Gasteiger charge is 2.12. The number of anilines is 1. The molecule has 4 nitrogen and oxygen atoms in total. The fourth-order valence-electron chi connectivity index (χ4n) is 1.88. The van der Waals surface area contributed by atoms with Gasteiger partial charge in [0.25, 0.3) is 5.69 Å². The van der Waals surface area contributed by atoms with Crippen LogP contribution in [-0.4, -0.2) is 4.92 Å². The summed E-state index contributed by atoms with van der Waals surface area (Å²) in [7, 11) is 0.